The minimum Gasteiger partial charge on any atom is -0.495 e. The topological polar surface area (TPSA) is 110 Å². The Hall–Kier alpha value is -3.66. The SMILES string of the molecule is COc1ccccc1NS(=O)(=O)c1c[nH]c(-c2nnc(-c3ccc(F)cc3)o2)c1. The number of hydrogen-bond acceptors (Lipinski definition) is 6. The maximum Gasteiger partial charge on any atom is 0.264 e. The Morgan fingerprint density at radius 2 is 1.79 bits per heavy atom. The first kappa shape index (κ1) is 18.7. The van der Waals surface area contributed by atoms with Crippen LogP contribution in [0.15, 0.2) is 70.1 Å². The summed E-state index contributed by atoms with van der Waals surface area (Å²) in [5.74, 6) is 0.303. The van der Waals surface area contributed by atoms with Gasteiger partial charge in [0.2, 0.25) is 5.89 Å². The van der Waals surface area contributed by atoms with Crippen molar-refractivity contribution in [1.29, 1.82) is 0 Å². The van der Waals surface area contributed by atoms with Crippen molar-refractivity contribution in [2.24, 2.45) is 0 Å². The van der Waals surface area contributed by atoms with Gasteiger partial charge in [0.05, 0.1) is 12.8 Å². The molecule has 0 saturated carbocycles. The van der Waals surface area contributed by atoms with Gasteiger partial charge in [-0.05, 0) is 42.5 Å². The molecule has 0 radical (unpaired) electrons. The fourth-order valence-electron chi connectivity index (χ4n) is 2.63. The number of nitrogens with one attached hydrogen (secondary N) is 2. The van der Waals surface area contributed by atoms with E-state index >= 15 is 0 Å². The number of sulfonamides is 1. The Labute approximate surface area is 165 Å². The normalized spacial score (nSPS) is 11.4. The summed E-state index contributed by atoms with van der Waals surface area (Å²) in [5.41, 5.74) is 1.18. The molecule has 0 aliphatic heterocycles. The Bertz CT molecular complexity index is 1250. The van der Waals surface area contributed by atoms with Crippen molar-refractivity contribution in [2.45, 2.75) is 4.90 Å². The first-order chi connectivity index (χ1) is 14.0. The molecular weight excluding hydrogens is 399 g/mol. The molecule has 0 saturated heterocycles. The van der Waals surface area contributed by atoms with Crippen LogP contribution in [-0.2, 0) is 10.0 Å². The number of aromatic nitrogens is 3. The average molecular weight is 414 g/mol. The molecule has 0 aliphatic carbocycles. The number of halogens is 1. The maximum atomic E-state index is 13.0. The summed E-state index contributed by atoms with van der Waals surface area (Å²) in [6.07, 6.45) is 1.31. The van der Waals surface area contributed by atoms with Gasteiger partial charge in [-0.1, -0.05) is 12.1 Å². The van der Waals surface area contributed by atoms with Crippen molar-refractivity contribution < 1.29 is 22.0 Å². The lowest BCUT2D eigenvalue weighted by Gasteiger charge is -2.10. The summed E-state index contributed by atoms with van der Waals surface area (Å²) < 4.78 is 51.6. The lowest BCUT2D eigenvalue weighted by Crippen LogP contribution is -2.12. The van der Waals surface area contributed by atoms with Crippen molar-refractivity contribution in [3.8, 4) is 28.8 Å². The van der Waals surface area contributed by atoms with Crippen LogP contribution in [-0.4, -0.2) is 30.7 Å². The molecule has 0 bridgehead atoms. The number of H-pyrrole nitrogens is 1. The van der Waals surface area contributed by atoms with Crippen LogP contribution in [0.2, 0.25) is 0 Å². The van der Waals surface area contributed by atoms with E-state index in [1.807, 2.05) is 0 Å². The first-order valence-electron chi connectivity index (χ1n) is 8.40. The maximum absolute atomic E-state index is 13.0. The third-order valence-electron chi connectivity index (χ3n) is 4.06. The smallest absolute Gasteiger partial charge is 0.264 e. The Kier molecular flexibility index (Phi) is 4.77. The third kappa shape index (κ3) is 3.83. The van der Waals surface area contributed by atoms with Gasteiger partial charge in [-0.15, -0.1) is 10.2 Å². The molecule has 10 heteroatoms. The lowest BCUT2D eigenvalue weighted by atomic mass is 10.2. The van der Waals surface area contributed by atoms with Gasteiger partial charge in [0.25, 0.3) is 15.9 Å². The molecule has 2 aromatic carbocycles. The van der Waals surface area contributed by atoms with Crippen LogP contribution in [0.25, 0.3) is 23.0 Å². The van der Waals surface area contributed by atoms with Crippen LogP contribution in [0.5, 0.6) is 5.75 Å². The molecule has 0 unspecified atom stereocenters. The van der Waals surface area contributed by atoms with Gasteiger partial charge >= 0.3 is 0 Å². The number of ether oxygens (including phenoxy) is 1. The van der Waals surface area contributed by atoms with E-state index < -0.39 is 10.0 Å². The van der Waals surface area contributed by atoms with E-state index in [2.05, 4.69) is 19.9 Å². The summed E-state index contributed by atoms with van der Waals surface area (Å²) in [7, 11) is -2.42. The summed E-state index contributed by atoms with van der Waals surface area (Å²) in [6.45, 7) is 0. The van der Waals surface area contributed by atoms with Gasteiger partial charge in [-0.25, -0.2) is 12.8 Å². The number of hydrogen-bond donors (Lipinski definition) is 2. The highest BCUT2D eigenvalue weighted by Crippen LogP contribution is 2.28. The van der Waals surface area contributed by atoms with Gasteiger partial charge in [0.15, 0.2) is 0 Å². The molecule has 8 nitrogen and oxygen atoms in total. The first-order valence-corrected chi connectivity index (χ1v) is 9.88. The van der Waals surface area contributed by atoms with Crippen LogP contribution in [0.1, 0.15) is 0 Å². The average Bonchev–Trinajstić information content (AvgIpc) is 3.39. The number of aromatic amines is 1. The molecule has 0 fully saturated rings. The molecule has 0 amide bonds. The molecule has 2 N–H and O–H groups in total. The summed E-state index contributed by atoms with van der Waals surface area (Å²) in [4.78, 5) is 2.80. The van der Waals surface area contributed by atoms with E-state index in [1.165, 1.54) is 43.6 Å². The fourth-order valence-corrected chi connectivity index (χ4v) is 3.69. The van der Waals surface area contributed by atoms with Gasteiger partial charge in [0, 0.05) is 11.8 Å². The summed E-state index contributed by atoms with van der Waals surface area (Å²) in [5, 5.41) is 7.83. The number of para-hydroxylation sites is 2. The largest absolute Gasteiger partial charge is 0.495 e. The number of methoxy groups -OCH3 is 1. The van der Waals surface area contributed by atoms with Gasteiger partial charge < -0.3 is 14.1 Å². The zero-order valence-corrected chi connectivity index (χ0v) is 15.9. The summed E-state index contributed by atoms with van der Waals surface area (Å²) in [6, 6.07) is 13.6. The molecule has 0 spiro atoms. The quantitative estimate of drug-likeness (QED) is 0.498. The van der Waals surface area contributed by atoms with Crippen LogP contribution in [0, 0.1) is 5.82 Å². The van der Waals surface area contributed by atoms with Crippen molar-refractivity contribution >= 4 is 15.7 Å². The zero-order valence-electron chi connectivity index (χ0n) is 15.1. The number of anilines is 1. The molecule has 4 rings (SSSR count). The van der Waals surface area contributed by atoms with Crippen molar-refractivity contribution in [3.63, 3.8) is 0 Å². The van der Waals surface area contributed by atoms with E-state index in [1.54, 1.807) is 24.3 Å². The number of nitrogens with zero attached hydrogens (tertiary/aromatic N) is 2. The molecular formula is C19H15FN4O4S. The predicted molar refractivity (Wildman–Crippen MR) is 103 cm³/mol. The van der Waals surface area contributed by atoms with E-state index in [4.69, 9.17) is 9.15 Å². The molecule has 0 aliphatic rings. The Balaban J connectivity index is 1.59. The second kappa shape index (κ2) is 7.40. The Morgan fingerprint density at radius 3 is 2.55 bits per heavy atom. The van der Waals surface area contributed by atoms with Crippen LogP contribution in [0.3, 0.4) is 0 Å². The second-order valence-corrected chi connectivity index (χ2v) is 7.66. The molecule has 2 aromatic heterocycles. The van der Waals surface area contributed by atoms with E-state index in [9.17, 15) is 12.8 Å². The minimum atomic E-state index is -3.88. The van der Waals surface area contributed by atoms with Gasteiger partial charge in [0.1, 0.15) is 22.2 Å². The third-order valence-corrected chi connectivity index (χ3v) is 5.41. The van der Waals surface area contributed by atoms with Gasteiger partial charge in [-0.2, -0.15) is 0 Å². The number of rotatable bonds is 6. The summed E-state index contributed by atoms with van der Waals surface area (Å²) >= 11 is 0. The van der Waals surface area contributed by atoms with Crippen LogP contribution >= 0.6 is 0 Å². The van der Waals surface area contributed by atoms with Crippen LogP contribution < -0.4 is 9.46 Å². The second-order valence-electron chi connectivity index (χ2n) is 5.97. The number of benzene rings is 2. The lowest BCUT2D eigenvalue weighted by molar-refractivity contribution is 0.417. The molecule has 4 aromatic rings. The Morgan fingerprint density at radius 1 is 1.07 bits per heavy atom. The monoisotopic (exact) mass is 414 g/mol. The van der Waals surface area contributed by atoms with E-state index in [-0.39, 0.29) is 22.5 Å². The molecule has 29 heavy (non-hydrogen) atoms. The van der Waals surface area contributed by atoms with Crippen molar-refractivity contribution in [2.75, 3.05) is 11.8 Å². The molecule has 148 valence electrons. The predicted octanol–water partition coefficient (Wildman–Crippen LogP) is 3.68. The standard InChI is InChI=1S/C19H15FN4O4S/c1-27-17-5-3-2-4-15(17)24-29(25,26)14-10-16(21-11-14)19-23-22-18(28-19)12-6-8-13(20)9-7-12/h2-11,21,24H,1H3. The highest BCUT2D eigenvalue weighted by atomic mass is 32.2. The zero-order chi connectivity index (χ0) is 20.4. The fraction of sp³-hybridized carbons (Fsp3) is 0.0526. The minimum absolute atomic E-state index is 0.0139. The highest BCUT2D eigenvalue weighted by molar-refractivity contribution is 7.92. The highest BCUT2D eigenvalue weighted by Gasteiger charge is 2.20. The molecule has 0 atom stereocenters. The van der Waals surface area contributed by atoms with E-state index in [0.717, 1.165) is 0 Å². The van der Waals surface area contributed by atoms with Gasteiger partial charge in [-0.3, -0.25) is 4.72 Å². The van der Waals surface area contributed by atoms with E-state index in [0.29, 0.717) is 22.7 Å². The van der Waals surface area contributed by atoms with Crippen LogP contribution in [0.4, 0.5) is 10.1 Å². The molecule has 2 heterocycles. The van der Waals surface area contributed by atoms with Crippen molar-refractivity contribution in [1.82, 2.24) is 15.2 Å². The van der Waals surface area contributed by atoms with Crippen molar-refractivity contribution in [3.05, 3.63) is 66.6 Å².